The minimum absolute atomic E-state index is 0.440. The maximum absolute atomic E-state index is 9.30. The van der Waals surface area contributed by atoms with Gasteiger partial charge >= 0.3 is 0 Å². The number of aromatic nitrogens is 1. The van der Waals surface area contributed by atoms with Crippen molar-refractivity contribution in [3.05, 3.63) is 105 Å². The van der Waals surface area contributed by atoms with E-state index < -0.39 is 4.87 Å². The molecule has 4 aromatic rings. The van der Waals surface area contributed by atoms with Crippen LogP contribution in [0.25, 0.3) is 16.5 Å². The van der Waals surface area contributed by atoms with E-state index >= 15 is 0 Å². The lowest BCUT2D eigenvalue weighted by atomic mass is 9.99. The van der Waals surface area contributed by atoms with E-state index in [1.54, 1.807) is 44.3 Å². The molecule has 1 aliphatic heterocycles. The predicted molar refractivity (Wildman–Crippen MR) is 152 cm³/mol. The number of hydrogen-bond donors (Lipinski definition) is 0. The van der Waals surface area contributed by atoms with Crippen molar-refractivity contribution >= 4 is 57.7 Å². The third kappa shape index (κ3) is 4.78. The molecule has 8 heteroatoms. The zero-order valence-electron chi connectivity index (χ0n) is 20.0. The molecule has 0 saturated heterocycles. The van der Waals surface area contributed by atoms with Crippen LogP contribution in [0.4, 0.5) is 0 Å². The fraction of sp³-hybridized carbons (Fsp3) is 0.138. The average Bonchev–Trinajstić information content (AvgIpc) is 3.36. The van der Waals surface area contributed by atoms with Crippen molar-refractivity contribution in [2.45, 2.75) is 10.6 Å². The van der Waals surface area contributed by atoms with Gasteiger partial charge in [0.05, 0.1) is 29.8 Å². The van der Waals surface area contributed by atoms with E-state index in [2.05, 4.69) is 29.3 Å². The number of aliphatic imine (C=N–C) groups is 1. The normalized spacial score (nSPS) is 16.5. The van der Waals surface area contributed by atoms with E-state index in [0.29, 0.717) is 38.4 Å². The molecule has 184 valence electrons. The Kier molecular flexibility index (Phi) is 7.12. The largest absolute Gasteiger partial charge is 0.495 e. The van der Waals surface area contributed by atoms with E-state index in [9.17, 15) is 5.26 Å². The third-order valence-electron chi connectivity index (χ3n) is 6.13. The summed E-state index contributed by atoms with van der Waals surface area (Å²) in [6.07, 6.45) is 5.46. The van der Waals surface area contributed by atoms with Crippen LogP contribution in [0.1, 0.15) is 22.3 Å². The Morgan fingerprint density at radius 2 is 1.81 bits per heavy atom. The van der Waals surface area contributed by atoms with E-state index in [4.69, 9.17) is 37.7 Å². The fourth-order valence-electron chi connectivity index (χ4n) is 4.30. The molecular formula is C29H21Cl2N3O2S. The Hall–Kier alpha value is -3.50. The fourth-order valence-corrected chi connectivity index (χ4v) is 6.10. The monoisotopic (exact) mass is 545 g/mol. The molecule has 0 bridgehead atoms. The number of fused-ring (bicyclic) bond motifs is 1. The van der Waals surface area contributed by atoms with Gasteiger partial charge in [0.25, 0.3) is 0 Å². The second-order valence-corrected chi connectivity index (χ2v) is 10.4. The molecule has 37 heavy (non-hydrogen) atoms. The Labute approximate surface area is 229 Å². The molecule has 1 atom stereocenters. The third-order valence-corrected chi connectivity index (χ3v) is 8.10. The number of rotatable bonds is 7. The quantitative estimate of drug-likeness (QED) is 0.238. The highest BCUT2D eigenvalue weighted by Gasteiger charge is 2.37. The van der Waals surface area contributed by atoms with Crippen molar-refractivity contribution in [1.29, 1.82) is 5.26 Å². The van der Waals surface area contributed by atoms with Crippen LogP contribution in [-0.4, -0.2) is 25.4 Å². The molecule has 0 amide bonds. The van der Waals surface area contributed by atoms with Gasteiger partial charge < -0.3 is 9.47 Å². The highest BCUT2D eigenvalue weighted by atomic mass is 35.5. The Balaban J connectivity index is 1.67. The van der Waals surface area contributed by atoms with E-state index in [0.717, 1.165) is 22.1 Å². The van der Waals surface area contributed by atoms with Crippen LogP contribution in [0.15, 0.2) is 77.9 Å². The molecule has 0 aliphatic carbocycles. The number of methoxy groups -OCH3 is 2. The molecule has 1 aliphatic rings. The van der Waals surface area contributed by atoms with Gasteiger partial charge in [-0.1, -0.05) is 65.7 Å². The number of hydrogen-bond acceptors (Lipinski definition) is 6. The summed E-state index contributed by atoms with van der Waals surface area (Å²) < 4.78 is 11.3. The number of allylic oxidation sites excluding steroid dienone is 1. The van der Waals surface area contributed by atoms with Gasteiger partial charge in [-0.05, 0) is 29.8 Å². The van der Waals surface area contributed by atoms with Gasteiger partial charge in [0, 0.05) is 40.3 Å². The number of nitriles is 1. The summed E-state index contributed by atoms with van der Waals surface area (Å²) in [4.78, 5) is 8.77. The molecule has 0 saturated carbocycles. The smallest absolute Gasteiger partial charge is 0.154 e. The highest BCUT2D eigenvalue weighted by molar-refractivity contribution is 7.99. The number of pyridine rings is 1. The van der Waals surface area contributed by atoms with Gasteiger partial charge in [-0.25, -0.2) is 0 Å². The summed E-state index contributed by atoms with van der Waals surface area (Å²) in [5, 5.41) is 11.1. The zero-order chi connectivity index (χ0) is 26.0. The zero-order valence-corrected chi connectivity index (χ0v) is 22.4. The van der Waals surface area contributed by atoms with Gasteiger partial charge in [-0.2, -0.15) is 5.26 Å². The predicted octanol–water partition coefficient (Wildman–Crippen LogP) is 7.68. The van der Waals surface area contributed by atoms with Crippen molar-refractivity contribution in [2.24, 2.45) is 4.99 Å². The molecular weight excluding hydrogens is 525 g/mol. The van der Waals surface area contributed by atoms with Crippen LogP contribution in [0.5, 0.6) is 11.5 Å². The van der Waals surface area contributed by atoms with Crippen LogP contribution in [-0.2, 0) is 10.6 Å². The summed E-state index contributed by atoms with van der Waals surface area (Å²) in [5.74, 6) is 1.85. The number of thioether (sulfide) groups is 1. The van der Waals surface area contributed by atoms with Crippen molar-refractivity contribution < 1.29 is 9.47 Å². The first kappa shape index (κ1) is 25.2. The van der Waals surface area contributed by atoms with Crippen molar-refractivity contribution in [1.82, 2.24) is 4.98 Å². The van der Waals surface area contributed by atoms with Crippen LogP contribution >= 0.6 is 35.0 Å². The second-order valence-electron chi connectivity index (χ2n) is 8.35. The standard InChI is InChI=1S/C29H21Cl2N3O2S/c1-35-26-11-22(24(30)12-25(26)31)21-13-29(34-16-21,37-17-18-6-4-3-5-7-18)23-9-8-20-10-19(14-32)15-33-27(20)28(23)36-2/h3-13,15-16H,17H2,1-2H3. The molecule has 2 heterocycles. The highest BCUT2D eigenvalue weighted by Crippen LogP contribution is 2.51. The first-order chi connectivity index (χ1) is 18.0. The summed E-state index contributed by atoms with van der Waals surface area (Å²) in [7, 11) is 3.19. The minimum atomic E-state index is -0.809. The lowest BCUT2D eigenvalue weighted by Crippen LogP contribution is -2.16. The lowest BCUT2D eigenvalue weighted by Gasteiger charge is -2.27. The van der Waals surface area contributed by atoms with Gasteiger partial charge in [-0.15, -0.1) is 11.8 Å². The van der Waals surface area contributed by atoms with Crippen LogP contribution in [0.2, 0.25) is 10.0 Å². The SMILES string of the molecule is COc1cc(C2=CC(SCc3ccccc3)(c3ccc4cc(C#N)cnc4c3OC)N=C2)c(Cl)cc1Cl. The Morgan fingerprint density at radius 3 is 2.54 bits per heavy atom. The van der Waals surface area contributed by atoms with Crippen molar-refractivity contribution in [2.75, 3.05) is 14.2 Å². The molecule has 1 unspecified atom stereocenters. The summed E-state index contributed by atoms with van der Waals surface area (Å²) >= 11 is 14.6. The number of benzene rings is 3. The summed E-state index contributed by atoms with van der Waals surface area (Å²) in [6, 6.07) is 21.6. The Bertz CT molecular complexity index is 1600. The van der Waals surface area contributed by atoms with Gasteiger partial charge in [0.1, 0.15) is 17.3 Å². The van der Waals surface area contributed by atoms with Gasteiger partial charge in [-0.3, -0.25) is 9.98 Å². The van der Waals surface area contributed by atoms with Crippen molar-refractivity contribution in [3.8, 4) is 17.6 Å². The maximum atomic E-state index is 9.30. The molecule has 0 N–H and O–H groups in total. The van der Waals surface area contributed by atoms with Crippen LogP contribution in [0, 0.1) is 11.3 Å². The van der Waals surface area contributed by atoms with Crippen LogP contribution < -0.4 is 9.47 Å². The first-order valence-electron chi connectivity index (χ1n) is 11.3. The molecule has 5 nitrogen and oxygen atoms in total. The summed E-state index contributed by atoms with van der Waals surface area (Å²) in [6.45, 7) is 0. The lowest BCUT2D eigenvalue weighted by molar-refractivity contribution is 0.411. The van der Waals surface area contributed by atoms with E-state index in [-0.39, 0.29) is 0 Å². The number of nitrogens with zero attached hydrogens (tertiary/aromatic N) is 3. The summed E-state index contributed by atoms with van der Waals surface area (Å²) in [5.41, 5.74) is 4.79. The van der Waals surface area contributed by atoms with Gasteiger partial charge in [0.2, 0.25) is 0 Å². The van der Waals surface area contributed by atoms with E-state index in [1.165, 1.54) is 5.56 Å². The molecule has 0 fully saturated rings. The van der Waals surface area contributed by atoms with Crippen molar-refractivity contribution in [3.63, 3.8) is 0 Å². The molecule has 3 aromatic carbocycles. The van der Waals surface area contributed by atoms with E-state index in [1.807, 2.05) is 42.6 Å². The number of ether oxygens (including phenoxy) is 2. The maximum Gasteiger partial charge on any atom is 0.154 e. The first-order valence-corrected chi connectivity index (χ1v) is 13.1. The molecule has 5 rings (SSSR count). The van der Waals surface area contributed by atoms with Crippen LogP contribution in [0.3, 0.4) is 0 Å². The minimum Gasteiger partial charge on any atom is -0.495 e. The molecule has 0 radical (unpaired) electrons. The number of halogens is 2. The average molecular weight is 546 g/mol. The second kappa shape index (κ2) is 10.5. The molecule has 0 spiro atoms. The Morgan fingerprint density at radius 1 is 1.00 bits per heavy atom. The van der Waals surface area contributed by atoms with Gasteiger partial charge in [0.15, 0.2) is 10.6 Å². The molecule has 1 aromatic heterocycles. The topological polar surface area (TPSA) is 67.5 Å².